The first-order valence-electron chi connectivity index (χ1n) is 7.22. The van der Waals surface area contributed by atoms with E-state index in [1.165, 1.54) is 29.2 Å². The molecule has 8 nitrogen and oxygen atoms in total. The Bertz CT molecular complexity index is 921. The van der Waals surface area contributed by atoms with E-state index in [-0.39, 0.29) is 13.1 Å². The summed E-state index contributed by atoms with van der Waals surface area (Å²) >= 11 is 0. The molecule has 9 heteroatoms. The Labute approximate surface area is 140 Å². The van der Waals surface area contributed by atoms with Crippen molar-refractivity contribution in [1.82, 2.24) is 9.47 Å². The average molecular weight is 348 g/mol. The number of β-amino-alcohol motifs (C(OH)–C–C–N with tert-alkyl or cyclic N) is 1. The predicted octanol–water partition coefficient (Wildman–Crippen LogP) is 0.538. The van der Waals surface area contributed by atoms with Crippen LogP contribution in [0, 0.1) is 5.82 Å². The maximum absolute atomic E-state index is 13.0. The summed E-state index contributed by atoms with van der Waals surface area (Å²) in [5.41, 5.74) is -1.86. The molecule has 0 saturated carbocycles. The largest absolute Gasteiger partial charge is 0.503 e. The molecular formula is C16H13FN2O6. The highest BCUT2D eigenvalue weighted by Crippen LogP contribution is 2.26. The van der Waals surface area contributed by atoms with Crippen LogP contribution in [0.3, 0.4) is 0 Å². The van der Waals surface area contributed by atoms with Gasteiger partial charge in [-0.1, -0.05) is 12.1 Å². The molecule has 2 heterocycles. The number of carboxylic acids is 1. The number of pyridine rings is 1. The van der Waals surface area contributed by atoms with Gasteiger partial charge in [-0.2, -0.15) is 0 Å². The molecule has 0 saturated heterocycles. The number of aliphatic hydroxyl groups is 1. The Kier molecular flexibility index (Phi) is 4.01. The average Bonchev–Trinajstić information content (AvgIpc) is 2.56. The van der Waals surface area contributed by atoms with Crippen molar-refractivity contribution in [2.45, 2.75) is 12.8 Å². The molecule has 0 fully saturated rings. The van der Waals surface area contributed by atoms with Crippen molar-refractivity contribution in [3.05, 3.63) is 63.3 Å². The van der Waals surface area contributed by atoms with E-state index in [9.17, 15) is 29.0 Å². The number of amides is 1. The number of aromatic carboxylic acids is 1. The smallest absolute Gasteiger partial charge is 0.341 e. The number of hydrogen-bond donors (Lipinski definition) is 3. The molecule has 0 aliphatic carbocycles. The van der Waals surface area contributed by atoms with Gasteiger partial charge in [0.15, 0.2) is 11.4 Å². The maximum atomic E-state index is 13.0. The van der Waals surface area contributed by atoms with Crippen molar-refractivity contribution in [2.24, 2.45) is 0 Å². The molecule has 130 valence electrons. The third-order valence-corrected chi connectivity index (χ3v) is 3.92. The molecule has 1 unspecified atom stereocenters. The van der Waals surface area contributed by atoms with Gasteiger partial charge in [0.05, 0.1) is 6.54 Å². The van der Waals surface area contributed by atoms with Crippen LogP contribution in [0.15, 0.2) is 35.3 Å². The van der Waals surface area contributed by atoms with Crippen molar-refractivity contribution >= 4 is 11.9 Å². The Morgan fingerprint density at radius 2 is 1.88 bits per heavy atom. The topological polar surface area (TPSA) is 120 Å². The van der Waals surface area contributed by atoms with Gasteiger partial charge in [-0.05, 0) is 17.7 Å². The molecule has 3 N–H and O–H groups in total. The van der Waals surface area contributed by atoms with Crippen LogP contribution in [0.25, 0.3) is 0 Å². The number of benzene rings is 1. The molecule has 1 amide bonds. The van der Waals surface area contributed by atoms with Crippen LogP contribution in [-0.4, -0.2) is 43.2 Å². The van der Waals surface area contributed by atoms with Gasteiger partial charge in [-0.15, -0.1) is 0 Å². The number of nitrogens with zero attached hydrogens (tertiary/aromatic N) is 2. The second-order valence-electron chi connectivity index (χ2n) is 5.57. The Hall–Kier alpha value is -3.20. The number of aliphatic hydroxyl groups excluding tert-OH is 1. The lowest BCUT2D eigenvalue weighted by Crippen LogP contribution is -2.44. The van der Waals surface area contributed by atoms with Crippen LogP contribution in [0.2, 0.25) is 0 Å². The minimum Gasteiger partial charge on any atom is -0.503 e. The minimum absolute atomic E-state index is 0.0183. The van der Waals surface area contributed by atoms with Gasteiger partial charge >= 0.3 is 5.97 Å². The lowest BCUT2D eigenvalue weighted by atomic mass is 10.1. The number of rotatable bonds is 3. The standard InChI is InChI=1S/C16H13FN2O6/c17-9-3-1-8(2-4-9)5-18-7-11(20)19-6-10(16(24)25)13(21)14(22)12(19)15(18)23/h1-4,6,11,20,22H,5,7H2,(H,24,25). The van der Waals surface area contributed by atoms with Crippen molar-refractivity contribution < 1.29 is 29.3 Å². The fraction of sp³-hybridized carbons (Fsp3) is 0.188. The normalized spacial score (nSPS) is 16.6. The van der Waals surface area contributed by atoms with Gasteiger partial charge in [-0.3, -0.25) is 9.59 Å². The van der Waals surface area contributed by atoms with E-state index in [4.69, 9.17) is 5.11 Å². The zero-order chi connectivity index (χ0) is 18.3. The van der Waals surface area contributed by atoms with Crippen LogP contribution >= 0.6 is 0 Å². The van der Waals surface area contributed by atoms with Gasteiger partial charge in [0.2, 0.25) is 5.43 Å². The molecule has 1 aliphatic heterocycles. The second kappa shape index (κ2) is 6.02. The maximum Gasteiger partial charge on any atom is 0.341 e. The van der Waals surface area contributed by atoms with Crippen molar-refractivity contribution in [3.63, 3.8) is 0 Å². The van der Waals surface area contributed by atoms with E-state index >= 15 is 0 Å². The van der Waals surface area contributed by atoms with Crippen LogP contribution in [0.1, 0.15) is 32.6 Å². The zero-order valence-electron chi connectivity index (χ0n) is 12.7. The van der Waals surface area contributed by atoms with E-state index in [1.54, 1.807) is 0 Å². The summed E-state index contributed by atoms with van der Waals surface area (Å²) in [7, 11) is 0. The highest BCUT2D eigenvalue weighted by molar-refractivity contribution is 5.97. The van der Waals surface area contributed by atoms with Gasteiger partial charge < -0.3 is 24.8 Å². The number of halogens is 1. The number of aromatic hydroxyl groups is 1. The molecule has 0 bridgehead atoms. The van der Waals surface area contributed by atoms with Crippen LogP contribution in [0.4, 0.5) is 4.39 Å². The minimum atomic E-state index is -1.58. The van der Waals surface area contributed by atoms with E-state index in [1.807, 2.05) is 0 Å². The summed E-state index contributed by atoms with van der Waals surface area (Å²) in [6.45, 7) is -0.172. The molecule has 1 atom stereocenters. The summed E-state index contributed by atoms with van der Waals surface area (Å²) in [4.78, 5) is 36.7. The molecule has 1 aromatic carbocycles. The molecular weight excluding hydrogens is 335 g/mol. The van der Waals surface area contributed by atoms with E-state index in [0.29, 0.717) is 5.56 Å². The summed E-state index contributed by atoms with van der Waals surface area (Å²) < 4.78 is 13.8. The summed E-state index contributed by atoms with van der Waals surface area (Å²) in [5, 5.41) is 29.2. The number of carbonyl (C=O) groups excluding carboxylic acids is 1. The number of hydrogen-bond acceptors (Lipinski definition) is 5. The van der Waals surface area contributed by atoms with Crippen molar-refractivity contribution in [1.29, 1.82) is 0 Å². The number of aromatic nitrogens is 1. The fourth-order valence-electron chi connectivity index (χ4n) is 2.68. The first kappa shape index (κ1) is 16.7. The van der Waals surface area contributed by atoms with Crippen molar-refractivity contribution in [3.8, 4) is 5.75 Å². The lowest BCUT2D eigenvalue weighted by molar-refractivity contribution is 0.0219. The van der Waals surface area contributed by atoms with Gasteiger partial charge in [0.1, 0.15) is 17.6 Å². The molecule has 1 aliphatic rings. The van der Waals surface area contributed by atoms with E-state index < -0.39 is 46.4 Å². The third-order valence-electron chi connectivity index (χ3n) is 3.92. The SMILES string of the molecule is O=C(O)c1cn2c(c(O)c1=O)C(=O)N(Cc1ccc(F)cc1)CC2O. The monoisotopic (exact) mass is 348 g/mol. The third kappa shape index (κ3) is 2.85. The van der Waals surface area contributed by atoms with E-state index in [2.05, 4.69) is 0 Å². The van der Waals surface area contributed by atoms with Crippen LogP contribution < -0.4 is 5.43 Å². The molecule has 2 aromatic rings. The fourth-order valence-corrected chi connectivity index (χ4v) is 2.68. The molecule has 25 heavy (non-hydrogen) atoms. The lowest BCUT2D eigenvalue weighted by Gasteiger charge is -2.33. The first-order chi connectivity index (χ1) is 11.8. The predicted molar refractivity (Wildman–Crippen MR) is 81.7 cm³/mol. The summed E-state index contributed by atoms with van der Waals surface area (Å²) in [6, 6.07) is 5.36. The Morgan fingerprint density at radius 3 is 2.48 bits per heavy atom. The number of carbonyl (C=O) groups is 2. The quantitative estimate of drug-likeness (QED) is 0.745. The van der Waals surface area contributed by atoms with Crippen molar-refractivity contribution in [2.75, 3.05) is 6.54 Å². The van der Waals surface area contributed by atoms with Gasteiger partial charge in [0, 0.05) is 12.7 Å². The number of fused-ring (bicyclic) bond motifs is 1. The van der Waals surface area contributed by atoms with Gasteiger partial charge in [0.25, 0.3) is 5.91 Å². The molecule has 3 rings (SSSR count). The second-order valence-corrected chi connectivity index (χ2v) is 5.57. The number of carboxylic acid groups (broad SMARTS) is 1. The Balaban J connectivity index is 2.02. The highest BCUT2D eigenvalue weighted by Gasteiger charge is 2.34. The molecule has 1 aromatic heterocycles. The first-order valence-corrected chi connectivity index (χ1v) is 7.22. The van der Waals surface area contributed by atoms with E-state index in [0.717, 1.165) is 10.8 Å². The zero-order valence-corrected chi connectivity index (χ0v) is 12.7. The van der Waals surface area contributed by atoms with Crippen LogP contribution in [-0.2, 0) is 6.54 Å². The summed E-state index contributed by atoms with van der Waals surface area (Å²) in [6.07, 6.45) is -0.518. The van der Waals surface area contributed by atoms with Gasteiger partial charge in [-0.25, -0.2) is 9.18 Å². The molecule has 0 spiro atoms. The molecule has 0 radical (unpaired) electrons. The summed E-state index contributed by atoms with van der Waals surface area (Å²) in [5.74, 6) is -3.80. The Morgan fingerprint density at radius 1 is 1.24 bits per heavy atom. The highest BCUT2D eigenvalue weighted by atomic mass is 19.1. The van der Waals surface area contributed by atoms with Crippen LogP contribution in [0.5, 0.6) is 5.75 Å².